The van der Waals surface area contributed by atoms with Gasteiger partial charge in [-0.25, -0.2) is 9.97 Å². The highest BCUT2D eigenvalue weighted by molar-refractivity contribution is 5.75. The van der Waals surface area contributed by atoms with E-state index in [1.807, 2.05) is 0 Å². The molecule has 1 N–H and O–H groups in total. The number of ether oxygens (including phenoxy) is 1. The number of aromatic nitrogens is 2. The van der Waals surface area contributed by atoms with Crippen LogP contribution in [0.25, 0.3) is 0 Å². The van der Waals surface area contributed by atoms with Gasteiger partial charge >= 0.3 is 11.9 Å². The van der Waals surface area contributed by atoms with E-state index in [9.17, 15) is 23.3 Å². The molecule has 0 radical (unpaired) electrons. The molecular weight excluding hydrogens is 355 g/mol. The summed E-state index contributed by atoms with van der Waals surface area (Å²) in [7, 11) is 0. The van der Waals surface area contributed by atoms with E-state index in [-0.39, 0.29) is 17.3 Å². The van der Waals surface area contributed by atoms with Gasteiger partial charge in [-0.15, -0.1) is 0 Å². The van der Waals surface area contributed by atoms with Crippen LogP contribution in [-0.2, 0) is 10.9 Å². The molecule has 2 aromatic rings. The fourth-order valence-corrected chi connectivity index (χ4v) is 2.60. The Morgan fingerprint density at radius 3 is 2.54 bits per heavy atom. The molecule has 138 valence electrons. The molecule has 1 aromatic heterocycles. The summed E-state index contributed by atoms with van der Waals surface area (Å²) in [6, 6.07) is 4.70. The first-order valence-corrected chi connectivity index (χ1v) is 7.63. The lowest BCUT2D eigenvalue weighted by molar-refractivity contribution is -0.383. The number of rotatable bonds is 4. The van der Waals surface area contributed by atoms with Crippen LogP contribution in [0, 0.1) is 10.1 Å². The number of nitrogens with zero attached hydrogens (tertiary/aromatic N) is 4. The monoisotopic (exact) mass is 369 g/mol. The van der Waals surface area contributed by atoms with Crippen molar-refractivity contribution in [3.05, 3.63) is 46.3 Å². The summed E-state index contributed by atoms with van der Waals surface area (Å²) < 4.78 is 44.7. The molecule has 1 aliphatic heterocycles. The van der Waals surface area contributed by atoms with Crippen LogP contribution in [0.15, 0.2) is 30.6 Å². The van der Waals surface area contributed by atoms with E-state index in [0.29, 0.717) is 26.3 Å². The van der Waals surface area contributed by atoms with Gasteiger partial charge in [0.25, 0.3) is 0 Å². The molecule has 1 fully saturated rings. The topological polar surface area (TPSA) is 93.4 Å². The summed E-state index contributed by atoms with van der Waals surface area (Å²) in [6.45, 7) is 1.52. The number of benzene rings is 1. The predicted octanol–water partition coefficient (Wildman–Crippen LogP) is 2.98. The molecule has 1 aliphatic rings. The van der Waals surface area contributed by atoms with Crippen LogP contribution in [0.5, 0.6) is 0 Å². The van der Waals surface area contributed by atoms with Crippen LogP contribution in [0.1, 0.15) is 5.56 Å². The second kappa shape index (κ2) is 7.12. The third kappa shape index (κ3) is 3.67. The lowest BCUT2D eigenvalue weighted by atomic mass is 10.1. The molecule has 1 saturated heterocycles. The molecular formula is C15H14F3N5O3. The average molecular weight is 369 g/mol. The number of nitrogens with one attached hydrogen (secondary N) is 1. The van der Waals surface area contributed by atoms with Crippen molar-refractivity contribution in [1.82, 2.24) is 9.97 Å². The number of halogens is 3. The number of alkyl halides is 3. The zero-order valence-electron chi connectivity index (χ0n) is 13.4. The molecule has 2 heterocycles. The SMILES string of the molecule is O=[N+]([O-])c1c(Nc2ccccc2C(F)(F)F)ncnc1N1CCOCC1. The van der Waals surface area contributed by atoms with E-state index in [0.717, 1.165) is 12.4 Å². The molecule has 11 heteroatoms. The number of anilines is 3. The Morgan fingerprint density at radius 2 is 1.88 bits per heavy atom. The summed E-state index contributed by atoms with van der Waals surface area (Å²) in [5, 5.41) is 14.0. The minimum Gasteiger partial charge on any atom is -0.378 e. The maximum absolute atomic E-state index is 13.2. The molecule has 0 amide bonds. The lowest BCUT2D eigenvalue weighted by Crippen LogP contribution is -2.37. The first-order chi connectivity index (χ1) is 12.4. The highest BCUT2D eigenvalue weighted by Gasteiger charge is 2.34. The Hall–Kier alpha value is -2.95. The summed E-state index contributed by atoms with van der Waals surface area (Å²) in [5.41, 5.74) is -1.75. The fourth-order valence-electron chi connectivity index (χ4n) is 2.60. The zero-order chi connectivity index (χ0) is 18.7. The van der Waals surface area contributed by atoms with Crippen molar-refractivity contribution in [2.24, 2.45) is 0 Å². The second-order valence-corrected chi connectivity index (χ2v) is 5.42. The van der Waals surface area contributed by atoms with Crippen LogP contribution in [0.4, 0.5) is 36.2 Å². The Kier molecular flexibility index (Phi) is 4.89. The maximum atomic E-state index is 13.2. The number of hydrogen-bond acceptors (Lipinski definition) is 7. The van der Waals surface area contributed by atoms with E-state index in [1.165, 1.54) is 18.2 Å². The highest BCUT2D eigenvalue weighted by Crippen LogP contribution is 2.38. The second-order valence-electron chi connectivity index (χ2n) is 5.42. The smallest absolute Gasteiger partial charge is 0.378 e. The minimum atomic E-state index is -4.61. The molecule has 0 bridgehead atoms. The summed E-state index contributed by atoms with van der Waals surface area (Å²) in [4.78, 5) is 20.2. The molecule has 0 aliphatic carbocycles. The third-order valence-electron chi connectivity index (χ3n) is 3.78. The lowest BCUT2D eigenvalue weighted by Gasteiger charge is -2.27. The van der Waals surface area contributed by atoms with Gasteiger partial charge in [-0.2, -0.15) is 13.2 Å². The molecule has 0 atom stereocenters. The Balaban J connectivity index is 2.02. The van der Waals surface area contributed by atoms with Gasteiger partial charge in [-0.1, -0.05) is 12.1 Å². The van der Waals surface area contributed by atoms with Crippen LogP contribution in [0.2, 0.25) is 0 Å². The van der Waals surface area contributed by atoms with Crippen molar-refractivity contribution in [1.29, 1.82) is 0 Å². The Labute approximate surface area is 145 Å². The standard InChI is InChI=1S/C15H14F3N5O3/c16-15(17,18)10-3-1-2-4-11(10)21-13-12(23(24)25)14(20-9-19-13)22-5-7-26-8-6-22/h1-4,9H,5-8H2,(H,19,20,21). The van der Waals surface area contributed by atoms with Gasteiger partial charge in [0.05, 0.1) is 29.4 Å². The highest BCUT2D eigenvalue weighted by atomic mass is 19.4. The first kappa shape index (κ1) is 17.9. The van der Waals surface area contributed by atoms with Crippen molar-refractivity contribution in [2.45, 2.75) is 6.18 Å². The van der Waals surface area contributed by atoms with Crippen molar-refractivity contribution >= 4 is 23.0 Å². The molecule has 26 heavy (non-hydrogen) atoms. The quantitative estimate of drug-likeness (QED) is 0.654. The van der Waals surface area contributed by atoms with E-state index in [4.69, 9.17) is 4.74 Å². The van der Waals surface area contributed by atoms with E-state index >= 15 is 0 Å². The van der Waals surface area contributed by atoms with E-state index < -0.39 is 22.4 Å². The molecule has 0 saturated carbocycles. The van der Waals surface area contributed by atoms with Crippen molar-refractivity contribution in [3.63, 3.8) is 0 Å². The van der Waals surface area contributed by atoms with Crippen molar-refractivity contribution < 1.29 is 22.8 Å². The molecule has 0 unspecified atom stereocenters. The first-order valence-electron chi connectivity index (χ1n) is 7.63. The van der Waals surface area contributed by atoms with Crippen LogP contribution in [-0.4, -0.2) is 41.2 Å². The van der Waals surface area contributed by atoms with Gasteiger partial charge in [0, 0.05) is 13.1 Å². The van der Waals surface area contributed by atoms with Crippen LogP contribution >= 0.6 is 0 Å². The van der Waals surface area contributed by atoms with Gasteiger partial charge in [-0.05, 0) is 12.1 Å². The van der Waals surface area contributed by atoms with Gasteiger partial charge in [0.2, 0.25) is 11.6 Å². The molecule has 3 rings (SSSR count). The van der Waals surface area contributed by atoms with Gasteiger partial charge in [-0.3, -0.25) is 10.1 Å². The number of para-hydroxylation sites is 1. The number of hydrogen-bond donors (Lipinski definition) is 1. The van der Waals surface area contributed by atoms with Gasteiger partial charge < -0.3 is 15.0 Å². The summed E-state index contributed by atoms with van der Waals surface area (Å²) in [5.74, 6) is -0.261. The van der Waals surface area contributed by atoms with Crippen molar-refractivity contribution in [3.8, 4) is 0 Å². The van der Waals surface area contributed by atoms with E-state index in [1.54, 1.807) is 4.90 Å². The van der Waals surface area contributed by atoms with E-state index in [2.05, 4.69) is 15.3 Å². The normalized spacial score (nSPS) is 15.0. The predicted molar refractivity (Wildman–Crippen MR) is 86.4 cm³/mol. The fraction of sp³-hybridized carbons (Fsp3) is 0.333. The maximum Gasteiger partial charge on any atom is 0.418 e. The molecule has 8 nitrogen and oxygen atoms in total. The molecule has 1 aromatic carbocycles. The number of morpholine rings is 1. The number of nitro groups is 1. The Bertz CT molecular complexity index is 809. The van der Waals surface area contributed by atoms with Crippen LogP contribution in [0.3, 0.4) is 0 Å². The summed E-state index contributed by atoms with van der Waals surface area (Å²) >= 11 is 0. The zero-order valence-corrected chi connectivity index (χ0v) is 13.4. The minimum absolute atomic E-state index is 0.0419. The summed E-state index contributed by atoms with van der Waals surface area (Å²) in [6.07, 6.45) is -3.53. The van der Waals surface area contributed by atoms with Gasteiger partial charge in [0.1, 0.15) is 6.33 Å². The van der Waals surface area contributed by atoms with Crippen LogP contribution < -0.4 is 10.2 Å². The molecule has 0 spiro atoms. The van der Waals surface area contributed by atoms with Gasteiger partial charge in [0.15, 0.2) is 0 Å². The van der Waals surface area contributed by atoms with Crippen molar-refractivity contribution in [2.75, 3.05) is 36.5 Å². The largest absolute Gasteiger partial charge is 0.418 e. The Morgan fingerprint density at radius 1 is 1.19 bits per heavy atom. The average Bonchev–Trinajstić information content (AvgIpc) is 2.61. The third-order valence-corrected chi connectivity index (χ3v) is 3.78.